The lowest BCUT2D eigenvalue weighted by atomic mass is 10.2. The van der Waals surface area contributed by atoms with Crippen LogP contribution in [0.3, 0.4) is 0 Å². The van der Waals surface area contributed by atoms with Crippen molar-refractivity contribution in [2.24, 2.45) is 0 Å². The Kier molecular flexibility index (Phi) is 4.33. The number of cyclic esters (lactones) is 1. The van der Waals surface area contributed by atoms with Crippen molar-refractivity contribution < 1.29 is 14.3 Å². The molecule has 1 aromatic heterocycles. The third-order valence-corrected chi connectivity index (χ3v) is 4.08. The lowest BCUT2D eigenvalue weighted by Gasteiger charge is -2.17. The second-order valence-electron chi connectivity index (χ2n) is 5.39. The average molecular weight is 334 g/mol. The molecule has 0 saturated carbocycles. The minimum absolute atomic E-state index is 0.285. The van der Waals surface area contributed by atoms with Crippen LogP contribution < -0.4 is 15.0 Å². The molecule has 122 valence electrons. The third kappa shape index (κ3) is 3.21. The fourth-order valence-corrected chi connectivity index (χ4v) is 2.96. The summed E-state index contributed by atoms with van der Waals surface area (Å²) in [6.07, 6.45) is -0.363. The van der Waals surface area contributed by atoms with Crippen LogP contribution in [0, 0.1) is 0 Å². The zero-order valence-electron chi connectivity index (χ0n) is 13.2. The predicted octanol–water partition coefficient (Wildman–Crippen LogP) is 3.37. The van der Waals surface area contributed by atoms with Gasteiger partial charge in [-0.25, -0.2) is 9.78 Å². The largest absolute Gasteiger partial charge is 0.495 e. The van der Waals surface area contributed by atoms with Gasteiger partial charge < -0.3 is 14.8 Å². The molecule has 1 aliphatic heterocycles. The summed E-state index contributed by atoms with van der Waals surface area (Å²) in [4.78, 5) is 17.8. The fraction of sp³-hybridized carbons (Fsp3) is 0.400. The van der Waals surface area contributed by atoms with Gasteiger partial charge in [-0.15, -0.1) is 0 Å². The van der Waals surface area contributed by atoms with E-state index in [1.54, 1.807) is 12.0 Å². The number of ether oxygens (including phenoxy) is 2. The number of nitrogens with one attached hydrogen (secondary N) is 1. The Morgan fingerprint density at radius 2 is 2.26 bits per heavy atom. The van der Waals surface area contributed by atoms with Gasteiger partial charge >= 0.3 is 6.09 Å². The van der Waals surface area contributed by atoms with Crippen LogP contribution in [0.5, 0.6) is 5.75 Å². The van der Waals surface area contributed by atoms with Crippen molar-refractivity contribution in [3.8, 4) is 5.75 Å². The Hall–Kier alpha value is -2.35. The highest BCUT2D eigenvalue weighted by molar-refractivity contribution is 7.09. The van der Waals surface area contributed by atoms with E-state index in [1.807, 2.05) is 18.2 Å². The third-order valence-electron chi connectivity index (χ3n) is 3.44. The molecular weight excluding hydrogens is 316 g/mol. The van der Waals surface area contributed by atoms with Crippen LogP contribution in [0.4, 0.5) is 21.3 Å². The Labute approximate surface area is 138 Å². The summed E-state index contributed by atoms with van der Waals surface area (Å²) < 4.78 is 14.7. The second-order valence-corrected chi connectivity index (χ2v) is 6.14. The zero-order valence-corrected chi connectivity index (χ0v) is 14.0. The standard InChI is InChI=1S/C15H18N4O3S/c1-9(2)13-17-14(23-18-13)16-10-4-5-12(21-3)11(8-10)19-6-7-22-15(19)20/h4-5,8-9H,6-7H2,1-3H3,(H,16,17,18). The van der Waals surface area contributed by atoms with Crippen LogP contribution >= 0.6 is 11.5 Å². The first kappa shape index (κ1) is 15.5. The summed E-state index contributed by atoms with van der Waals surface area (Å²) >= 11 is 1.31. The molecule has 2 aromatic rings. The lowest BCUT2D eigenvalue weighted by molar-refractivity contribution is 0.181. The van der Waals surface area contributed by atoms with Crippen molar-refractivity contribution in [2.75, 3.05) is 30.5 Å². The maximum Gasteiger partial charge on any atom is 0.414 e. The first-order chi connectivity index (χ1) is 11.1. The van der Waals surface area contributed by atoms with Crippen LogP contribution in [0.15, 0.2) is 18.2 Å². The number of rotatable bonds is 5. The molecule has 0 spiro atoms. The summed E-state index contributed by atoms with van der Waals surface area (Å²) in [5.41, 5.74) is 1.49. The molecule has 1 saturated heterocycles. The van der Waals surface area contributed by atoms with Crippen molar-refractivity contribution >= 4 is 34.1 Å². The van der Waals surface area contributed by atoms with E-state index in [0.717, 1.165) is 11.5 Å². The first-order valence-electron chi connectivity index (χ1n) is 7.31. The van der Waals surface area contributed by atoms with Gasteiger partial charge in [0.15, 0.2) is 0 Å². The monoisotopic (exact) mass is 334 g/mol. The minimum Gasteiger partial charge on any atom is -0.495 e. The molecular formula is C15H18N4O3S. The normalized spacial score (nSPS) is 14.3. The molecule has 0 atom stereocenters. The topological polar surface area (TPSA) is 76.6 Å². The van der Waals surface area contributed by atoms with Crippen LogP contribution in [-0.2, 0) is 4.74 Å². The smallest absolute Gasteiger partial charge is 0.414 e. The van der Waals surface area contributed by atoms with Gasteiger partial charge in [-0.3, -0.25) is 4.90 Å². The summed E-state index contributed by atoms with van der Waals surface area (Å²) in [6.45, 7) is 5.00. The molecule has 1 fully saturated rings. The second kappa shape index (κ2) is 6.41. The van der Waals surface area contributed by atoms with E-state index >= 15 is 0 Å². The molecule has 1 amide bonds. The number of carbonyl (C=O) groups is 1. The Bertz CT molecular complexity index is 716. The number of hydrogen-bond donors (Lipinski definition) is 1. The van der Waals surface area contributed by atoms with Crippen molar-refractivity contribution in [1.29, 1.82) is 0 Å². The van der Waals surface area contributed by atoms with Crippen molar-refractivity contribution in [2.45, 2.75) is 19.8 Å². The van der Waals surface area contributed by atoms with Gasteiger partial charge in [0.1, 0.15) is 18.2 Å². The molecule has 3 rings (SSSR count). The lowest BCUT2D eigenvalue weighted by Crippen LogP contribution is -2.23. The molecule has 1 aliphatic rings. The van der Waals surface area contributed by atoms with E-state index in [1.165, 1.54) is 11.5 Å². The SMILES string of the molecule is COc1ccc(Nc2nc(C(C)C)ns2)cc1N1CCOC1=O. The van der Waals surface area contributed by atoms with Gasteiger partial charge in [0.2, 0.25) is 5.13 Å². The highest BCUT2D eigenvalue weighted by Gasteiger charge is 2.26. The van der Waals surface area contributed by atoms with Crippen molar-refractivity contribution in [3.63, 3.8) is 0 Å². The maximum absolute atomic E-state index is 11.8. The van der Waals surface area contributed by atoms with Gasteiger partial charge in [0.25, 0.3) is 0 Å². The molecule has 0 bridgehead atoms. The summed E-state index contributed by atoms with van der Waals surface area (Å²) in [6, 6.07) is 5.54. The summed E-state index contributed by atoms with van der Waals surface area (Å²) in [5.74, 6) is 1.72. The van der Waals surface area contributed by atoms with E-state index < -0.39 is 0 Å². The molecule has 2 heterocycles. The Morgan fingerprint density at radius 3 is 2.87 bits per heavy atom. The average Bonchev–Trinajstić information content (AvgIpc) is 3.16. The number of hydrogen-bond acceptors (Lipinski definition) is 7. The Balaban J connectivity index is 1.86. The van der Waals surface area contributed by atoms with Crippen LogP contribution in [-0.4, -0.2) is 35.7 Å². The van der Waals surface area contributed by atoms with Gasteiger partial charge in [-0.05, 0) is 18.2 Å². The summed E-state index contributed by atoms with van der Waals surface area (Å²) in [5, 5.41) is 3.94. The van der Waals surface area contributed by atoms with Gasteiger partial charge in [-0.1, -0.05) is 13.8 Å². The molecule has 0 aliphatic carbocycles. The van der Waals surface area contributed by atoms with E-state index in [-0.39, 0.29) is 12.0 Å². The molecule has 7 nitrogen and oxygen atoms in total. The van der Waals surface area contributed by atoms with Crippen LogP contribution in [0.25, 0.3) is 0 Å². The molecule has 8 heteroatoms. The summed E-state index contributed by atoms with van der Waals surface area (Å²) in [7, 11) is 1.58. The van der Waals surface area contributed by atoms with E-state index in [0.29, 0.717) is 29.7 Å². The number of amides is 1. The Morgan fingerprint density at radius 1 is 1.43 bits per heavy atom. The van der Waals surface area contributed by atoms with Crippen molar-refractivity contribution in [3.05, 3.63) is 24.0 Å². The molecule has 1 aromatic carbocycles. The van der Waals surface area contributed by atoms with Gasteiger partial charge in [0.05, 0.1) is 19.3 Å². The zero-order chi connectivity index (χ0) is 16.4. The molecule has 1 N–H and O–H groups in total. The van der Waals surface area contributed by atoms with E-state index in [9.17, 15) is 4.79 Å². The highest BCUT2D eigenvalue weighted by atomic mass is 32.1. The number of nitrogens with zero attached hydrogens (tertiary/aromatic N) is 3. The van der Waals surface area contributed by atoms with E-state index in [2.05, 4.69) is 28.5 Å². The number of methoxy groups -OCH3 is 1. The van der Waals surface area contributed by atoms with Crippen LogP contribution in [0.1, 0.15) is 25.6 Å². The van der Waals surface area contributed by atoms with Crippen LogP contribution in [0.2, 0.25) is 0 Å². The molecule has 0 radical (unpaired) electrons. The maximum atomic E-state index is 11.8. The molecule has 0 unspecified atom stereocenters. The minimum atomic E-state index is -0.363. The fourth-order valence-electron chi connectivity index (χ4n) is 2.23. The number of carbonyl (C=O) groups excluding carboxylic acids is 1. The molecule has 23 heavy (non-hydrogen) atoms. The predicted molar refractivity (Wildman–Crippen MR) is 89.0 cm³/mol. The number of benzene rings is 1. The quantitative estimate of drug-likeness (QED) is 0.903. The van der Waals surface area contributed by atoms with Gasteiger partial charge in [-0.2, -0.15) is 4.37 Å². The van der Waals surface area contributed by atoms with Gasteiger partial charge in [0, 0.05) is 23.1 Å². The first-order valence-corrected chi connectivity index (χ1v) is 8.09. The highest BCUT2D eigenvalue weighted by Crippen LogP contribution is 2.34. The number of anilines is 3. The van der Waals surface area contributed by atoms with E-state index in [4.69, 9.17) is 9.47 Å². The van der Waals surface area contributed by atoms with Crippen molar-refractivity contribution in [1.82, 2.24) is 9.36 Å². The number of aromatic nitrogens is 2.